The molecular weight excluding hydrogens is 244 g/mol. The minimum Gasteiger partial charge on any atom is -0.394 e. The van der Waals surface area contributed by atoms with Crippen LogP contribution in [0.3, 0.4) is 0 Å². The number of hydrogen-bond donors (Lipinski definition) is 3. The first-order valence-electron chi connectivity index (χ1n) is 5.98. The van der Waals surface area contributed by atoms with Gasteiger partial charge in [0, 0.05) is 24.7 Å². The fourth-order valence-electron chi connectivity index (χ4n) is 1.39. The van der Waals surface area contributed by atoms with E-state index >= 15 is 0 Å². The zero-order valence-corrected chi connectivity index (χ0v) is 11.0. The van der Waals surface area contributed by atoms with Crippen molar-refractivity contribution in [2.24, 2.45) is 0 Å². The number of hydrogen-bond acceptors (Lipinski definition) is 3. The molecule has 19 heavy (non-hydrogen) atoms. The largest absolute Gasteiger partial charge is 0.394 e. The fraction of sp³-hybridized carbons (Fsp3) is 0.286. The van der Waals surface area contributed by atoms with Gasteiger partial charge in [-0.1, -0.05) is 12.1 Å². The summed E-state index contributed by atoms with van der Waals surface area (Å²) in [6.07, 6.45) is 3.07. The Labute approximate surface area is 112 Å². The molecule has 5 nitrogen and oxygen atoms in total. The molecule has 0 heterocycles. The molecule has 0 radical (unpaired) electrons. The summed E-state index contributed by atoms with van der Waals surface area (Å²) in [4.78, 5) is 22.3. The van der Waals surface area contributed by atoms with Crippen molar-refractivity contribution in [1.29, 1.82) is 0 Å². The molecule has 1 aromatic rings. The molecule has 1 rings (SSSR count). The number of aliphatic hydroxyl groups excluding tert-OH is 1. The highest BCUT2D eigenvalue weighted by Crippen LogP contribution is 2.10. The lowest BCUT2D eigenvalue weighted by Crippen LogP contribution is -2.33. The van der Waals surface area contributed by atoms with Gasteiger partial charge in [-0.3, -0.25) is 9.59 Å². The summed E-state index contributed by atoms with van der Waals surface area (Å²) in [6, 6.07) is 6.85. The van der Waals surface area contributed by atoms with E-state index in [4.69, 9.17) is 5.11 Å². The number of nitrogens with one attached hydrogen (secondary N) is 2. The van der Waals surface area contributed by atoms with Crippen molar-refractivity contribution in [2.75, 3.05) is 11.9 Å². The summed E-state index contributed by atoms with van der Waals surface area (Å²) >= 11 is 0. The summed E-state index contributed by atoms with van der Waals surface area (Å²) in [5, 5.41) is 14.1. The molecule has 0 saturated carbocycles. The standard InChI is InChI=1S/C14H18N2O3/c1-10(9-17)15-14(19)8-5-12-3-6-13(7-4-12)16-11(2)18/h3-8,10,17H,9H2,1-2H3,(H,15,19)(H,16,18)/b8-5+. The SMILES string of the molecule is CC(=O)Nc1ccc(/C=C/C(=O)NC(C)CO)cc1. The van der Waals surface area contributed by atoms with E-state index in [9.17, 15) is 9.59 Å². The van der Waals surface area contributed by atoms with Gasteiger partial charge >= 0.3 is 0 Å². The Kier molecular flexibility index (Phi) is 5.75. The second-order valence-electron chi connectivity index (χ2n) is 4.23. The second kappa shape index (κ2) is 7.33. The van der Waals surface area contributed by atoms with Gasteiger partial charge in [-0.2, -0.15) is 0 Å². The van der Waals surface area contributed by atoms with E-state index in [1.165, 1.54) is 13.0 Å². The number of rotatable bonds is 5. The number of anilines is 1. The Hall–Kier alpha value is -2.14. The van der Waals surface area contributed by atoms with Crippen molar-refractivity contribution in [1.82, 2.24) is 5.32 Å². The van der Waals surface area contributed by atoms with Crippen LogP contribution in [-0.2, 0) is 9.59 Å². The topological polar surface area (TPSA) is 78.4 Å². The van der Waals surface area contributed by atoms with Gasteiger partial charge in [-0.25, -0.2) is 0 Å². The molecule has 5 heteroatoms. The molecule has 1 unspecified atom stereocenters. The third-order valence-corrected chi connectivity index (χ3v) is 2.32. The third kappa shape index (κ3) is 5.83. The summed E-state index contributed by atoms with van der Waals surface area (Å²) in [5.41, 5.74) is 1.56. The molecule has 0 aliphatic heterocycles. The van der Waals surface area contributed by atoms with Crippen molar-refractivity contribution < 1.29 is 14.7 Å². The smallest absolute Gasteiger partial charge is 0.244 e. The van der Waals surface area contributed by atoms with Crippen LogP contribution in [0.1, 0.15) is 19.4 Å². The number of carbonyl (C=O) groups is 2. The zero-order valence-electron chi connectivity index (χ0n) is 11.0. The number of amides is 2. The van der Waals surface area contributed by atoms with Gasteiger partial charge in [0.15, 0.2) is 0 Å². The summed E-state index contributed by atoms with van der Waals surface area (Å²) in [7, 11) is 0. The predicted octanol–water partition coefficient (Wildman–Crippen LogP) is 1.16. The third-order valence-electron chi connectivity index (χ3n) is 2.32. The van der Waals surface area contributed by atoms with E-state index in [2.05, 4.69) is 10.6 Å². The molecule has 0 fully saturated rings. The lowest BCUT2D eigenvalue weighted by molar-refractivity contribution is -0.117. The van der Waals surface area contributed by atoms with Crippen LogP contribution in [-0.4, -0.2) is 29.6 Å². The summed E-state index contributed by atoms with van der Waals surface area (Å²) in [5.74, 6) is -0.381. The molecule has 3 N–H and O–H groups in total. The van der Waals surface area contributed by atoms with Crippen LogP contribution in [0.25, 0.3) is 6.08 Å². The maximum absolute atomic E-state index is 11.4. The summed E-state index contributed by atoms with van der Waals surface area (Å²) in [6.45, 7) is 3.07. The van der Waals surface area contributed by atoms with Crippen molar-refractivity contribution in [3.05, 3.63) is 35.9 Å². The van der Waals surface area contributed by atoms with E-state index in [0.29, 0.717) is 5.69 Å². The molecule has 0 saturated heterocycles. The van der Waals surface area contributed by atoms with Crippen LogP contribution in [0.4, 0.5) is 5.69 Å². The Morgan fingerprint density at radius 2 is 1.95 bits per heavy atom. The quantitative estimate of drug-likeness (QED) is 0.697. The van der Waals surface area contributed by atoms with E-state index < -0.39 is 0 Å². The van der Waals surface area contributed by atoms with Gasteiger partial charge in [-0.05, 0) is 30.7 Å². The van der Waals surface area contributed by atoms with Crippen molar-refractivity contribution in [3.63, 3.8) is 0 Å². The van der Waals surface area contributed by atoms with Crippen LogP contribution in [0.2, 0.25) is 0 Å². The fourth-order valence-corrected chi connectivity index (χ4v) is 1.39. The lowest BCUT2D eigenvalue weighted by Gasteiger charge is -2.07. The Bertz CT molecular complexity index is 466. The van der Waals surface area contributed by atoms with Gasteiger partial charge in [0.05, 0.1) is 6.61 Å². The molecule has 2 amide bonds. The Morgan fingerprint density at radius 3 is 2.47 bits per heavy atom. The molecule has 1 atom stereocenters. The summed E-state index contributed by atoms with van der Waals surface area (Å²) < 4.78 is 0. The minimum absolute atomic E-state index is 0.0923. The maximum Gasteiger partial charge on any atom is 0.244 e. The molecule has 0 aliphatic carbocycles. The van der Waals surface area contributed by atoms with Crippen LogP contribution in [0, 0.1) is 0 Å². The van der Waals surface area contributed by atoms with Gasteiger partial charge in [0.1, 0.15) is 0 Å². The van der Waals surface area contributed by atoms with E-state index in [1.54, 1.807) is 37.3 Å². The van der Waals surface area contributed by atoms with E-state index in [1.807, 2.05) is 0 Å². The average Bonchev–Trinajstić information content (AvgIpc) is 2.37. The average molecular weight is 262 g/mol. The van der Waals surface area contributed by atoms with Gasteiger partial charge in [0.2, 0.25) is 11.8 Å². The maximum atomic E-state index is 11.4. The second-order valence-corrected chi connectivity index (χ2v) is 4.23. The highest BCUT2D eigenvalue weighted by atomic mass is 16.3. The van der Waals surface area contributed by atoms with Crippen molar-refractivity contribution in [3.8, 4) is 0 Å². The first-order valence-corrected chi connectivity index (χ1v) is 5.98. The number of carbonyl (C=O) groups excluding carboxylic acids is 2. The first-order chi connectivity index (χ1) is 9.01. The van der Waals surface area contributed by atoms with E-state index in [-0.39, 0.29) is 24.5 Å². The van der Waals surface area contributed by atoms with Crippen molar-refractivity contribution >= 4 is 23.6 Å². The zero-order chi connectivity index (χ0) is 14.3. The Morgan fingerprint density at radius 1 is 1.32 bits per heavy atom. The number of benzene rings is 1. The molecule has 0 spiro atoms. The van der Waals surface area contributed by atoms with Crippen LogP contribution < -0.4 is 10.6 Å². The molecular formula is C14H18N2O3. The van der Waals surface area contributed by atoms with Crippen LogP contribution in [0.15, 0.2) is 30.3 Å². The van der Waals surface area contributed by atoms with Crippen LogP contribution in [0.5, 0.6) is 0 Å². The molecule has 0 aliphatic rings. The molecule has 102 valence electrons. The van der Waals surface area contributed by atoms with Crippen molar-refractivity contribution in [2.45, 2.75) is 19.9 Å². The van der Waals surface area contributed by atoms with Gasteiger partial charge < -0.3 is 15.7 Å². The van der Waals surface area contributed by atoms with Crippen LogP contribution >= 0.6 is 0 Å². The highest BCUT2D eigenvalue weighted by molar-refractivity contribution is 5.92. The lowest BCUT2D eigenvalue weighted by atomic mass is 10.2. The molecule has 1 aromatic carbocycles. The minimum atomic E-state index is -0.265. The molecule has 0 aromatic heterocycles. The van der Waals surface area contributed by atoms with Gasteiger partial charge in [0.25, 0.3) is 0 Å². The number of aliphatic hydroxyl groups is 1. The Balaban J connectivity index is 2.57. The monoisotopic (exact) mass is 262 g/mol. The normalized spacial score (nSPS) is 12.2. The predicted molar refractivity (Wildman–Crippen MR) is 74.5 cm³/mol. The highest BCUT2D eigenvalue weighted by Gasteiger charge is 2.01. The van der Waals surface area contributed by atoms with E-state index in [0.717, 1.165) is 5.56 Å². The first kappa shape index (κ1) is 14.9. The molecule has 0 bridgehead atoms. The van der Waals surface area contributed by atoms with Gasteiger partial charge in [-0.15, -0.1) is 0 Å².